The van der Waals surface area contributed by atoms with Crippen LogP contribution in [0.15, 0.2) is 59.4 Å². The lowest BCUT2D eigenvalue weighted by Crippen LogP contribution is -2.36. The van der Waals surface area contributed by atoms with Crippen molar-refractivity contribution in [1.29, 1.82) is 0 Å². The van der Waals surface area contributed by atoms with Crippen molar-refractivity contribution in [3.05, 3.63) is 87.5 Å². The van der Waals surface area contributed by atoms with Gasteiger partial charge in [0.2, 0.25) is 0 Å². The Morgan fingerprint density at radius 2 is 1.76 bits per heavy atom. The number of likely N-dealkylation sites (tertiary alicyclic amines) is 1. The molecule has 7 nitrogen and oxygen atoms in total. The Kier molecular flexibility index (Phi) is 6.30. The van der Waals surface area contributed by atoms with Gasteiger partial charge in [0.25, 0.3) is 5.56 Å². The SMILES string of the molecule is CCc1ccc2[nH]c(=O)c(C(c3nnnn3Cc3ccccc3)N3CCCCCC3)cc2c1. The quantitative estimate of drug-likeness (QED) is 0.487. The third-order valence-corrected chi connectivity index (χ3v) is 6.63. The highest BCUT2D eigenvalue weighted by atomic mass is 16.1. The average Bonchev–Trinajstić information content (AvgIpc) is 3.11. The number of aromatic amines is 1. The van der Waals surface area contributed by atoms with Crippen molar-refractivity contribution >= 4 is 10.9 Å². The second-order valence-electron chi connectivity index (χ2n) is 8.86. The first-order valence-corrected chi connectivity index (χ1v) is 11.9. The molecule has 3 heterocycles. The van der Waals surface area contributed by atoms with Crippen LogP contribution in [0.4, 0.5) is 0 Å². The van der Waals surface area contributed by atoms with Crippen molar-refractivity contribution in [2.45, 2.75) is 51.6 Å². The van der Waals surface area contributed by atoms with Gasteiger partial charge in [-0.25, -0.2) is 4.68 Å². The summed E-state index contributed by atoms with van der Waals surface area (Å²) < 4.78 is 1.84. The highest BCUT2D eigenvalue weighted by Gasteiger charge is 2.30. The molecular weight excluding hydrogens is 412 g/mol. The van der Waals surface area contributed by atoms with Crippen LogP contribution in [0.3, 0.4) is 0 Å². The summed E-state index contributed by atoms with van der Waals surface area (Å²) in [6, 6.07) is 18.2. The zero-order chi connectivity index (χ0) is 22.6. The molecule has 0 spiro atoms. The number of nitrogens with one attached hydrogen (secondary N) is 1. The molecule has 1 atom stereocenters. The molecule has 1 aliphatic heterocycles. The Morgan fingerprint density at radius 1 is 0.970 bits per heavy atom. The van der Waals surface area contributed by atoms with Crippen molar-refractivity contribution < 1.29 is 0 Å². The van der Waals surface area contributed by atoms with E-state index in [4.69, 9.17) is 0 Å². The summed E-state index contributed by atoms with van der Waals surface area (Å²) in [6.07, 6.45) is 5.61. The van der Waals surface area contributed by atoms with Crippen LogP contribution in [-0.4, -0.2) is 43.2 Å². The fourth-order valence-electron chi connectivity index (χ4n) is 4.82. The number of hydrogen-bond acceptors (Lipinski definition) is 5. The maximum atomic E-state index is 13.4. The number of H-pyrrole nitrogens is 1. The first-order valence-electron chi connectivity index (χ1n) is 11.9. The van der Waals surface area contributed by atoms with Crippen molar-refractivity contribution in [1.82, 2.24) is 30.1 Å². The first-order chi connectivity index (χ1) is 16.2. The third kappa shape index (κ3) is 4.59. The van der Waals surface area contributed by atoms with E-state index in [1.54, 1.807) is 0 Å². The van der Waals surface area contributed by atoms with E-state index in [0.29, 0.717) is 12.1 Å². The summed E-state index contributed by atoms with van der Waals surface area (Å²) in [7, 11) is 0. The molecule has 0 amide bonds. The number of rotatable bonds is 6. The highest BCUT2D eigenvalue weighted by molar-refractivity contribution is 5.80. The van der Waals surface area contributed by atoms with Gasteiger partial charge in [0.1, 0.15) is 6.04 Å². The maximum Gasteiger partial charge on any atom is 0.253 e. The van der Waals surface area contributed by atoms with Gasteiger partial charge in [0.15, 0.2) is 5.82 Å². The van der Waals surface area contributed by atoms with Crippen LogP contribution in [0.2, 0.25) is 0 Å². The molecule has 33 heavy (non-hydrogen) atoms. The van der Waals surface area contributed by atoms with E-state index in [9.17, 15) is 4.79 Å². The van der Waals surface area contributed by atoms with Gasteiger partial charge >= 0.3 is 0 Å². The minimum absolute atomic E-state index is 0.0738. The fraction of sp³-hybridized carbons (Fsp3) is 0.385. The Bertz CT molecular complexity index is 1270. The van der Waals surface area contributed by atoms with E-state index < -0.39 is 0 Å². The lowest BCUT2D eigenvalue weighted by Gasteiger charge is -2.29. The van der Waals surface area contributed by atoms with Gasteiger partial charge in [-0.05, 0) is 77.5 Å². The summed E-state index contributed by atoms with van der Waals surface area (Å²) in [5.74, 6) is 0.720. The maximum absolute atomic E-state index is 13.4. The lowest BCUT2D eigenvalue weighted by molar-refractivity contribution is 0.220. The molecule has 1 N–H and O–H groups in total. The summed E-state index contributed by atoms with van der Waals surface area (Å²) in [5.41, 5.74) is 3.87. The van der Waals surface area contributed by atoms with Crippen molar-refractivity contribution in [2.75, 3.05) is 13.1 Å². The Hall–Kier alpha value is -3.32. The number of benzene rings is 2. The van der Waals surface area contributed by atoms with Crippen LogP contribution < -0.4 is 5.56 Å². The van der Waals surface area contributed by atoms with Gasteiger partial charge in [-0.3, -0.25) is 9.69 Å². The Morgan fingerprint density at radius 3 is 2.52 bits per heavy atom. The topological polar surface area (TPSA) is 79.7 Å². The molecule has 1 saturated heterocycles. The summed E-state index contributed by atoms with van der Waals surface area (Å²) in [5, 5.41) is 13.8. The van der Waals surface area contributed by atoms with Gasteiger partial charge in [-0.1, -0.05) is 56.2 Å². The van der Waals surface area contributed by atoms with Crippen molar-refractivity contribution in [3.8, 4) is 0 Å². The van der Waals surface area contributed by atoms with E-state index in [1.807, 2.05) is 35.0 Å². The predicted octanol–water partition coefficient (Wildman–Crippen LogP) is 4.09. The number of aromatic nitrogens is 5. The van der Waals surface area contributed by atoms with Crippen LogP contribution in [0.5, 0.6) is 0 Å². The molecule has 2 aromatic heterocycles. The Labute approximate surface area is 193 Å². The third-order valence-electron chi connectivity index (χ3n) is 6.63. The molecule has 0 saturated carbocycles. The smallest absolute Gasteiger partial charge is 0.253 e. The minimum atomic E-state index is -0.291. The molecular formula is C26H30N6O. The Balaban J connectivity index is 1.63. The number of pyridine rings is 1. The zero-order valence-corrected chi connectivity index (χ0v) is 19.1. The van der Waals surface area contributed by atoms with Gasteiger partial charge in [0.05, 0.1) is 6.54 Å². The normalized spacial score (nSPS) is 16.0. The number of nitrogens with zero attached hydrogens (tertiary/aromatic N) is 5. The van der Waals surface area contributed by atoms with Gasteiger partial charge < -0.3 is 4.98 Å². The number of aryl methyl sites for hydroxylation is 1. The van der Waals surface area contributed by atoms with E-state index in [2.05, 4.69) is 56.6 Å². The fourth-order valence-corrected chi connectivity index (χ4v) is 4.82. The molecule has 0 aliphatic carbocycles. The number of tetrazole rings is 1. The minimum Gasteiger partial charge on any atom is -0.322 e. The molecule has 5 rings (SSSR count). The molecule has 2 aromatic carbocycles. The van der Waals surface area contributed by atoms with E-state index in [1.165, 1.54) is 18.4 Å². The van der Waals surface area contributed by atoms with E-state index >= 15 is 0 Å². The number of hydrogen-bond donors (Lipinski definition) is 1. The molecule has 4 aromatic rings. The van der Waals surface area contributed by atoms with Crippen molar-refractivity contribution in [3.63, 3.8) is 0 Å². The molecule has 170 valence electrons. The van der Waals surface area contributed by atoms with Gasteiger partial charge in [-0.2, -0.15) is 0 Å². The molecule has 0 bridgehead atoms. The lowest BCUT2D eigenvalue weighted by atomic mass is 10.0. The predicted molar refractivity (Wildman–Crippen MR) is 129 cm³/mol. The van der Waals surface area contributed by atoms with Crippen molar-refractivity contribution in [2.24, 2.45) is 0 Å². The highest BCUT2D eigenvalue weighted by Crippen LogP contribution is 2.29. The summed E-state index contributed by atoms with van der Waals surface area (Å²) in [6.45, 7) is 4.56. The number of fused-ring (bicyclic) bond motifs is 1. The van der Waals surface area contributed by atoms with Crippen LogP contribution in [0, 0.1) is 0 Å². The average molecular weight is 443 g/mol. The van der Waals surface area contributed by atoms with Gasteiger partial charge in [0, 0.05) is 11.1 Å². The van der Waals surface area contributed by atoms with Crippen LogP contribution in [0.1, 0.15) is 61.2 Å². The second kappa shape index (κ2) is 9.67. The molecule has 1 unspecified atom stereocenters. The largest absolute Gasteiger partial charge is 0.322 e. The molecule has 1 aliphatic rings. The van der Waals surface area contributed by atoms with Crippen LogP contribution in [-0.2, 0) is 13.0 Å². The molecule has 0 radical (unpaired) electrons. The van der Waals surface area contributed by atoms with Crippen LogP contribution in [0.25, 0.3) is 10.9 Å². The van der Waals surface area contributed by atoms with E-state index in [-0.39, 0.29) is 11.6 Å². The first kappa shape index (κ1) is 21.5. The molecule has 1 fully saturated rings. The molecule has 7 heteroatoms. The zero-order valence-electron chi connectivity index (χ0n) is 19.1. The summed E-state index contributed by atoms with van der Waals surface area (Å²) in [4.78, 5) is 18.9. The monoisotopic (exact) mass is 442 g/mol. The standard InChI is InChI=1S/C26H30N6O/c1-2-19-12-13-23-21(16-19)17-22(26(33)27-23)24(31-14-8-3-4-9-15-31)25-28-29-30-32(25)18-20-10-6-5-7-11-20/h5-7,10-13,16-17,24H,2-4,8-9,14-15,18H2,1H3,(H,27,33). The van der Waals surface area contributed by atoms with Crippen LogP contribution >= 0.6 is 0 Å². The summed E-state index contributed by atoms with van der Waals surface area (Å²) >= 11 is 0. The van der Waals surface area contributed by atoms with E-state index in [0.717, 1.165) is 54.6 Å². The van der Waals surface area contributed by atoms with Gasteiger partial charge in [-0.15, -0.1) is 5.10 Å². The second-order valence-corrected chi connectivity index (χ2v) is 8.86.